The van der Waals surface area contributed by atoms with Gasteiger partial charge in [-0.2, -0.15) is 0 Å². The molecule has 0 aromatic heterocycles. The van der Waals surface area contributed by atoms with E-state index in [4.69, 9.17) is 4.74 Å². The van der Waals surface area contributed by atoms with Crippen molar-refractivity contribution in [3.63, 3.8) is 0 Å². The predicted molar refractivity (Wildman–Crippen MR) is 87.5 cm³/mol. The van der Waals surface area contributed by atoms with Gasteiger partial charge in [0.25, 0.3) is 5.91 Å². The van der Waals surface area contributed by atoms with Gasteiger partial charge in [0.15, 0.2) is 9.84 Å². The molecular weight excluding hydrogens is 316 g/mol. The summed E-state index contributed by atoms with van der Waals surface area (Å²) in [5.74, 6) is 1.11. The average molecular weight is 338 g/mol. The first kappa shape index (κ1) is 16.3. The molecule has 2 aliphatic heterocycles. The quantitative estimate of drug-likeness (QED) is 0.809. The van der Waals surface area contributed by atoms with Gasteiger partial charge < -0.3 is 9.64 Å². The molecule has 0 spiro atoms. The van der Waals surface area contributed by atoms with E-state index in [2.05, 4.69) is 4.90 Å². The summed E-state index contributed by atoms with van der Waals surface area (Å²) < 4.78 is 28.5. The molecule has 2 aliphatic rings. The Morgan fingerprint density at radius 2 is 1.87 bits per heavy atom. The number of carbonyl (C=O) groups is 1. The Kier molecular flexibility index (Phi) is 4.59. The first-order valence-electron chi connectivity index (χ1n) is 7.87. The lowest BCUT2D eigenvalue weighted by atomic mass is 10.1. The van der Waals surface area contributed by atoms with Crippen LogP contribution < -0.4 is 4.74 Å². The molecule has 0 radical (unpaired) electrons. The molecule has 2 saturated heterocycles. The van der Waals surface area contributed by atoms with Gasteiger partial charge >= 0.3 is 0 Å². The molecule has 0 saturated carbocycles. The van der Waals surface area contributed by atoms with E-state index < -0.39 is 9.84 Å². The summed E-state index contributed by atoms with van der Waals surface area (Å²) in [5.41, 5.74) is 0.576. The van der Waals surface area contributed by atoms with Crippen LogP contribution in [0.4, 0.5) is 0 Å². The van der Waals surface area contributed by atoms with Gasteiger partial charge in [-0.3, -0.25) is 9.69 Å². The summed E-state index contributed by atoms with van der Waals surface area (Å²) in [7, 11) is -1.31. The topological polar surface area (TPSA) is 66.9 Å². The second-order valence-corrected chi connectivity index (χ2v) is 8.31. The lowest BCUT2D eigenvalue weighted by molar-refractivity contribution is 0.0585. The number of sulfone groups is 1. The van der Waals surface area contributed by atoms with Crippen molar-refractivity contribution in [2.24, 2.45) is 0 Å². The minimum Gasteiger partial charge on any atom is -0.496 e. The van der Waals surface area contributed by atoms with Gasteiger partial charge in [0.05, 0.1) is 24.2 Å². The number of ether oxygens (including phenoxy) is 1. The zero-order valence-corrected chi connectivity index (χ0v) is 14.1. The maximum Gasteiger partial charge on any atom is 0.257 e. The number of para-hydroxylation sites is 1. The molecule has 1 aromatic carbocycles. The molecule has 1 amide bonds. The first-order valence-corrected chi connectivity index (χ1v) is 9.69. The van der Waals surface area contributed by atoms with Crippen molar-refractivity contribution in [1.82, 2.24) is 9.80 Å². The summed E-state index contributed by atoms with van der Waals surface area (Å²) in [5, 5.41) is 0. The fourth-order valence-electron chi connectivity index (χ4n) is 3.35. The second-order valence-electron chi connectivity index (χ2n) is 6.09. The van der Waals surface area contributed by atoms with E-state index >= 15 is 0 Å². The number of carbonyl (C=O) groups excluding carboxylic acids is 1. The molecule has 126 valence electrons. The lowest BCUT2D eigenvalue weighted by Gasteiger charge is -2.37. The van der Waals surface area contributed by atoms with Gasteiger partial charge in [0, 0.05) is 32.2 Å². The zero-order chi connectivity index (χ0) is 16.4. The molecule has 0 bridgehead atoms. The Morgan fingerprint density at radius 1 is 1.17 bits per heavy atom. The van der Waals surface area contributed by atoms with Gasteiger partial charge in [0.2, 0.25) is 0 Å². The highest BCUT2D eigenvalue weighted by atomic mass is 32.2. The Hall–Kier alpha value is -1.60. The van der Waals surface area contributed by atoms with Gasteiger partial charge in [-0.25, -0.2) is 8.42 Å². The molecule has 3 rings (SSSR count). The van der Waals surface area contributed by atoms with E-state index in [1.54, 1.807) is 19.2 Å². The molecular formula is C16H22N2O4S. The van der Waals surface area contributed by atoms with Crippen molar-refractivity contribution in [2.75, 3.05) is 44.8 Å². The van der Waals surface area contributed by atoms with E-state index in [1.807, 2.05) is 17.0 Å². The maximum absolute atomic E-state index is 12.6. The zero-order valence-electron chi connectivity index (χ0n) is 13.3. The van der Waals surface area contributed by atoms with Gasteiger partial charge in [-0.1, -0.05) is 12.1 Å². The number of amides is 1. The van der Waals surface area contributed by atoms with Crippen LogP contribution in [-0.2, 0) is 9.84 Å². The molecule has 6 nitrogen and oxygen atoms in total. The van der Waals surface area contributed by atoms with Crippen LogP contribution in [0.2, 0.25) is 0 Å². The SMILES string of the molecule is COc1ccccc1C(=O)N1CCN(C2CCS(=O)(=O)C2)CC1. The van der Waals surface area contributed by atoms with Crippen molar-refractivity contribution in [3.05, 3.63) is 29.8 Å². The number of rotatable bonds is 3. The molecule has 2 fully saturated rings. The van der Waals surface area contributed by atoms with E-state index in [-0.39, 0.29) is 23.5 Å². The summed E-state index contributed by atoms with van der Waals surface area (Å²) in [6.07, 6.45) is 0.711. The number of methoxy groups -OCH3 is 1. The Labute approximate surface area is 136 Å². The van der Waals surface area contributed by atoms with Crippen LogP contribution in [0.15, 0.2) is 24.3 Å². The first-order chi connectivity index (χ1) is 11.0. The van der Waals surface area contributed by atoms with Crippen molar-refractivity contribution in [2.45, 2.75) is 12.5 Å². The fourth-order valence-corrected chi connectivity index (χ4v) is 5.11. The van der Waals surface area contributed by atoms with Crippen molar-refractivity contribution in [3.8, 4) is 5.75 Å². The maximum atomic E-state index is 12.6. The van der Waals surface area contributed by atoms with Gasteiger partial charge in [-0.15, -0.1) is 0 Å². The van der Waals surface area contributed by atoms with Crippen LogP contribution in [0, 0.1) is 0 Å². The van der Waals surface area contributed by atoms with Crippen LogP contribution in [0.3, 0.4) is 0 Å². The van der Waals surface area contributed by atoms with Crippen molar-refractivity contribution < 1.29 is 17.9 Å². The summed E-state index contributed by atoms with van der Waals surface area (Å²) >= 11 is 0. The van der Waals surface area contributed by atoms with Crippen LogP contribution >= 0.6 is 0 Å². The summed E-state index contributed by atoms with van der Waals surface area (Å²) in [6, 6.07) is 7.34. The lowest BCUT2D eigenvalue weighted by Crippen LogP contribution is -2.52. The third-order valence-electron chi connectivity index (χ3n) is 4.66. The normalized spacial score (nSPS) is 24.6. The number of nitrogens with zero attached hydrogens (tertiary/aromatic N) is 2. The highest BCUT2D eigenvalue weighted by molar-refractivity contribution is 7.91. The van der Waals surface area contributed by atoms with Crippen LogP contribution in [0.5, 0.6) is 5.75 Å². The molecule has 0 N–H and O–H groups in total. The molecule has 1 aromatic rings. The number of piperazine rings is 1. The van der Waals surface area contributed by atoms with E-state index in [0.29, 0.717) is 30.8 Å². The van der Waals surface area contributed by atoms with E-state index in [1.165, 1.54) is 0 Å². The van der Waals surface area contributed by atoms with Crippen LogP contribution in [-0.4, -0.2) is 75.0 Å². The molecule has 1 atom stereocenters. The molecule has 1 unspecified atom stereocenters. The van der Waals surface area contributed by atoms with E-state index in [9.17, 15) is 13.2 Å². The number of hydrogen-bond acceptors (Lipinski definition) is 5. The summed E-state index contributed by atoms with van der Waals surface area (Å²) in [4.78, 5) is 16.7. The Balaban J connectivity index is 1.62. The molecule has 23 heavy (non-hydrogen) atoms. The van der Waals surface area contributed by atoms with Crippen LogP contribution in [0.25, 0.3) is 0 Å². The minimum atomic E-state index is -2.87. The summed E-state index contributed by atoms with van der Waals surface area (Å²) in [6.45, 7) is 2.68. The largest absolute Gasteiger partial charge is 0.496 e. The Bertz CT molecular complexity index is 681. The van der Waals surface area contributed by atoms with Crippen LogP contribution in [0.1, 0.15) is 16.8 Å². The number of benzene rings is 1. The van der Waals surface area contributed by atoms with Gasteiger partial charge in [-0.05, 0) is 18.6 Å². The number of hydrogen-bond donors (Lipinski definition) is 0. The highest BCUT2D eigenvalue weighted by Crippen LogP contribution is 2.22. The smallest absolute Gasteiger partial charge is 0.257 e. The molecule has 0 aliphatic carbocycles. The third-order valence-corrected chi connectivity index (χ3v) is 6.41. The average Bonchev–Trinajstić information content (AvgIpc) is 2.94. The van der Waals surface area contributed by atoms with Crippen molar-refractivity contribution in [1.29, 1.82) is 0 Å². The van der Waals surface area contributed by atoms with E-state index in [0.717, 1.165) is 13.1 Å². The monoisotopic (exact) mass is 338 g/mol. The minimum absolute atomic E-state index is 0.0267. The standard InChI is InChI=1S/C16H22N2O4S/c1-22-15-5-3-2-4-14(15)16(19)18-9-7-17(8-10-18)13-6-11-23(20,21)12-13/h2-5,13H,6-12H2,1H3. The fraction of sp³-hybridized carbons (Fsp3) is 0.562. The predicted octanol–water partition coefficient (Wildman–Crippen LogP) is 0.640. The van der Waals surface area contributed by atoms with Gasteiger partial charge in [0.1, 0.15) is 5.75 Å². The second kappa shape index (κ2) is 6.49. The molecule has 2 heterocycles. The van der Waals surface area contributed by atoms with Crippen molar-refractivity contribution >= 4 is 15.7 Å². The highest BCUT2D eigenvalue weighted by Gasteiger charge is 2.34. The molecule has 7 heteroatoms. The Morgan fingerprint density at radius 3 is 2.48 bits per heavy atom. The third kappa shape index (κ3) is 3.50.